The van der Waals surface area contributed by atoms with Crippen LogP contribution >= 0.6 is 23.4 Å². The summed E-state index contributed by atoms with van der Waals surface area (Å²) in [6.07, 6.45) is 0. The molecule has 1 amide bonds. The smallest absolute Gasteiger partial charge is 0.256 e. The number of halogens is 1. The maximum absolute atomic E-state index is 12.0. The summed E-state index contributed by atoms with van der Waals surface area (Å²) in [5.74, 6) is -0.111. The molecule has 2 aromatic carbocycles. The molecule has 1 heterocycles. The van der Waals surface area contributed by atoms with E-state index in [1.54, 1.807) is 17.8 Å². The maximum atomic E-state index is 12.0. The summed E-state index contributed by atoms with van der Waals surface area (Å²) in [5.41, 5.74) is 1.38. The Morgan fingerprint density at radius 2 is 1.76 bits per heavy atom. The molecule has 17 heavy (non-hydrogen) atoms. The zero-order valence-corrected chi connectivity index (χ0v) is 10.3. The van der Waals surface area contributed by atoms with Gasteiger partial charge in [-0.2, -0.15) is 0 Å². The van der Waals surface area contributed by atoms with Gasteiger partial charge in [0.05, 0.1) is 16.3 Å². The third-order valence-electron chi connectivity index (χ3n) is 2.57. The molecule has 0 saturated carbocycles. The third kappa shape index (κ3) is 1.81. The molecule has 0 aliphatic carbocycles. The molecule has 0 bridgehead atoms. The van der Waals surface area contributed by atoms with Crippen LogP contribution in [-0.2, 0) is 0 Å². The first-order chi connectivity index (χ1) is 8.25. The van der Waals surface area contributed by atoms with Gasteiger partial charge in [-0.1, -0.05) is 41.6 Å². The normalized spacial score (nSPS) is 13.4. The summed E-state index contributed by atoms with van der Waals surface area (Å²) in [7, 11) is 0. The zero-order valence-electron chi connectivity index (χ0n) is 8.74. The number of hydrogen-bond donors (Lipinski definition) is 1. The molecule has 3 rings (SSSR count). The Morgan fingerprint density at radius 3 is 2.65 bits per heavy atom. The number of nitrogens with one attached hydrogen (secondary N) is 1. The molecular weight excluding hydrogens is 254 g/mol. The number of fused-ring (bicyclic) bond motifs is 2. The van der Waals surface area contributed by atoms with E-state index in [9.17, 15) is 4.79 Å². The Morgan fingerprint density at radius 1 is 1.00 bits per heavy atom. The zero-order chi connectivity index (χ0) is 11.8. The van der Waals surface area contributed by atoms with Gasteiger partial charge in [0.15, 0.2) is 0 Å². The first-order valence-electron chi connectivity index (χ1n) is 5.12. The second-order valence-electron chi connectivity index (χ2n) is 3.67. The molecule has 2 nitrogen and oxygen atoms in total. The van der Waals surface area contributed by atoms with Crippen molar-refractivity contribution in [1.82, 2.24) is 0 Å². The van der Waals surface area contributed by atoms with E-state index in [1.807, 2.05) is 36.4 Å². The largest absolute Gasteiger partial charge is 0.320 e. The van der Waals surface area contributed by atoms with Crippen LogP contribution in [0.4, 0.5) is 5.69 Å². The van der Waals surface area contributed by atoms with Crippen LogP contribution in [0, 0.1) is 0 Å². The molecule has 0 unspecified atom stereocenters. The van der Waals surface area contributed by atoms with Crippen LogP contribution in [0.3, 0.4) is 0 Å². The Bertz CT molecular complexity index is 612. The van der Waals surface area contributed by atoms with Crippen LogP contribution in [0.15, 0.2) is 52.3 Å². The van der Waals surface area contributed by atoms with Gasteiger partial charge < -0.3 is 5.32 Å². The first kappa shape index (κ1) is 10.7. The number of para-hydroxylation sites is 1. The van der Waals surface area contributed by atoms with E-state index in [-0.39, 0.29) is 5.91 Å². The van der Waals surface area contributed by atoms with E-state index in [0.29, 0.717) is 16.3 Å². The van der Waals surface area contributed by atoms with Gasteiger partial charge in [-0.05, 0) is 24.3 Å². The molecule has 1 aliphatic rings. The van der Waals surface area contributed by atoms with Gasteiger partial charge in [-0.15, -0.1) is 0 Å². The van der Waals surface area contributed by atoms with Crippen molar-refractivity contribution in [1.29, 1.82) is 0 Å². The number of hydrogen-bond acceptors (Lipinski definition) is 2. The van der Waals surface area contributed by atoms with Crippen molar-refractivity contribution in [2.45, 2.75) is 9.79 Å². The maximum Gasteiger partial charge on any atom is 0.256 e. The topological polar surface area (TPSA) is 29.1 Å². The summed E-state index contributed by atoms with van der Waals surface area (Å²) in [5, 5.41) is 3.42. The van der Waals surface area contributed by atoms with Crippen LogP contribution in [0.5, 0.6) is 0 Å². The van der Waals surface area contributed by atoms with Gasteiger partial charge >= 0.3 is 0 Å². The summed E-state index contributed by atoms with van der Waals surface area (Å²) < 4.78 is 0. The summed E-state index contributed by atoms with van der Waals surface area (Å²) in [4.78, 5) is 14.0. The van der Waals surface area contributed by atoms with E-state index in [1.165, 1.54) is 0 Å². The van der Waals surface area contributed by atoms with Gasteiger partial charge in [-0.25, -0.2) is 0 Å². The van der Waals surface area contributed by atoms with Gasteiger partial charge in [0.1, 0.15) is 0 Å². The lowest BCUT2D eigenvalue weighted by Crippen LogP contribution is -2.11. The Labute approximate surface area is 108 Å². The number of rotatable bonds is 0. The fourth-order valence-electron chi connectivity index (χ4n) is 1.75. The van der Waals surface area contributed by atoms with Crippen molar-refractivity contribution in [3.05, 3.63) is 53.1 Å². The molecule has 1 aliphatic heterocycles. The minimum atomic E-state index is -0.111. The number of amides is 1. The highest BCUT2D eigenvalue weighted by Gasteiger charge is 2.20. The van der Waals surface area contributed by atoms with Crippen LogP contribution in [0.25, 0.3) is 0 Å². The lowest BCUT2D eigenvalue weighted by Gasteiger charge is -2.07. The minimum absolute atomic E-state index is 0.111. The molecule has 0 atom stereocenters. The van der Waals surface area contributed by atoms with Crippen LogP contribution < -0.4 is 5.32 Å². The van der Waals surface area contributed by atoms with Gasteiger partial charge in [0.25, 0.3) is 5.91 Å². The predicted octanol–water partition coefficient (Wildman–Crippen LogP) is 4.06. The molecule has 0 radical (unpaired) electrons. The van der Waals surface area contributed by atoms with E-state index < -0.39 is 0 Å². The van der Waals surface area contributed by atoms with Crippen molar-refractivity contribution in [3.8, 4) is 0 Å². The average molecular weight is 262 g/mol. The summed E-state index contributed by atoms with van der Waals surface area (Å²) in [6.45, 7) is 0. The molecule has 0 aromatic heterocycles. The van der Waals surface area contributed by atoms with Gasteiger partial charge in [-0.3, -0.25) is 4.79 Å². The monoisotopic (exact) mass is 261 g/mol. The molecule has 84 valence electrons. The lowest BCUT2D eigenvalue weighted by atomic mass is 10.2. The van der Waals surface area contributed by atoms with Crippen molar-refractivity contribution < 1.29 is 4.79 Å². The van der Waals surface area contributed by atoms with Crippen LogP contribution in [0.1, 0.15) is 10.4 Å². The quantitative estimate of drug-likeness (QED) is 0.775. The minimum Gasteiger partial charge on any atom is -0.320 e. The van der Waals surface area contributed by atoms with Crippen LogP contribution in [-0.4, -0.2) is 5.91 Å². The molecular formula is C13H8ClNOS. The van der Waals surface area contributed by atoms with E-state index in [4.69, 9.17) is 11.6 Å². The number of carbonyl (C=O) groups excluding carboxylic acids is 1. The van der Waals surface area contributed by atoms with Gasteiger partial charge in [0.2, 0.25) is 0 Å². The Balaban J connectivity index is 2.20. The molecule has 2 aromatic rings. The lowest BCUT2D eigenvalue weighted by molar-refractivity contribution is 0.102. The molecule has 4 heteroatoms. The van der Waals surface area contributed by atoms with Crippen molar-refractivity contribution in [2.75, 3.05) is 5.32 Å². The summed E-state index contributed by atoms with van der Waals surface area (Å²) >= 11 is 7.65. The Kier molecular flexibility index (Phi) is 2.57. The molecule has 0 spiro atoms. The van der Waals surface area contributed by atoms with Crippen molar-refractivity contribution in [3.63, 3.8) is 0 Å². The fourth-order valence-corrected chi connectivity index (χ4v) is 3.09. The number of anilines is 1. The molecule has 0 fully saturated rings. The highest BCUT2D eigenvalue weighted by atomic mass is 35.5. The second kappa shape index (κ2) is 4.09. The highest BCUT2D eigenvalue weighted by molar-refractivity contribution is 7.99. The third-order valence-corrected chi connectivity index (χ3v) is 4.02. The molecule has 0 saturated heterocycles. The highest BCUT2D eigenvalue weighted by Crippen LogP contribution is 2.41. The average Bonchev–Trinajstić information content (AvgIpc) is 2.47. The Hall–Kier alpha value is -1.45. The fraction of sp³-hybridized carbons (Fsp3) is 0. The summed E-state index contributed by atoms with van der Waals surface area (Å²) in [6, 6.07) is 13.2. The van der Waals surface area contributed by atoms with E-state index in [2.05, 4.69) is 5.32 Å². The van der Waals surface area contributed by atoms with Gasteiger partial charge in [0, 0.05) is 9.79 Å². The van der Waals surface area contributed by atoms with E-state index >= 15 is 0 Å². The van der Waals surface area contributed by atoms with Crippen molar-refractivity contribution in [2.24, 2.45) is 0 Å². The number of benzene rings is 2. The first-order valence-corrected chi connectivity index (χ1v) is 6.32. The second-order valence-corrected chi connectivity index (χ2v) is 5.16. The van der Waals surface area contributed by atoms with Crippen molar-refractivity contribution >= 4 is 35.0 Å². The van der Waals surface area contributed by atoms with E-state index in [0.717, 1.165) is 9.79 Å². The molecule has 1 N–H and O–H groups in total. The standard InChI is InChI=1S/C13H8ClNOS/c14-9-5-3-7-11-12(9)15-13(16)8-4-1-2-6-10(8)17-11/h1-7H,(H,15,16). The predicted molar refractivity (Wildman–Crippen MR) is 70.0 cm³/mol. The number of carbonyl (C=O) groups is 1. The SMILES string of the molecule is O=C1Nc2c(Cl)cccc2Sc2ccccc21. The van der Waals surface area contributed by atoms with Crippen LogP contribution in [0.2, 0.25) is 5.02 Å².